The highest BCUT2D eigenvalue weighted by molar-refractivity contribution is 6.31. The van der Waals surface area contributed by atoms with Gasteiger partial charge in [-0.2, -0.15) is 5.10 Å². The highest BCUT2D eigenvalue weighted by atomic mass is 35.5. The predicted molar refractivity (Wildman–Crippen MR) is 106 cm³/mol. The number of nitrogens with zero attached hydrogens (tertiary/aromatic N) is 4. The van der Waals surface area contributed by atoms with Gasteiger partial charge in [-0.3, -0.25) is 4.79 Å². The SMILES string of the molecule is CCc1ccc(Cl)cc1-c1cc(-c2ncnn3cccc23)n(C)c1C(N)=O. The first-order valence-electron chi connectivity index (χ1n) is 8.58. The summed E-state index contributed by atoms with van der Waals surface area (Å²) in [5.74, 6) is -0.499. The van der Waals surface area contributed by atoms with E-state index in [0.717, 1.165) is 40.0 Å². The Morgan fingerprint density at radius 2 is 2.04 bits per heavy atom. The van der Waals surface area contributed by atoms with Gasteiger partial charge in [-0.1, -0.05) is 24.6 Å². The van der Waals surface area contributed by atoms with Crippen molar-refractivity contribution in [2.45, 2.75) is 13.3 Å². The molecule has 6 nitrogen and oxygen atoms in total. The molecule has 1 aromatic carbocycles. The van der Waals surface area contributed by atoms with Crippen LogP contribution in [0.3, 0.4) is 0 Å². The van der Waals surface area contributed by atoms with E-state index in [2.05, 4.69) is 17.0 Å². The van der Waals surface area contributed by atoms with Crippen LogP contribution in [-0.2, 0) is 13.5 Å². The van der Waals surface area contributed by atoms with Crippen molar-refractivity contribution in [3.63, 3.8) is 0 Å². The number of aryl methyl sites for hydroxylation is 1. The molecule has 0 aliphatic rings. The van der Waals surface area contributed by atoms with Crippen molar-refractivity contribution >= 4 is 23.0 Å². The Morgan fingerprint density at radius 1 is 1.22 bits per heavy atom. The molecule has 3 aromatic heterocycles. The summed E-state index contributed by atoms with van der Waals surface area (Å²) in [5, 5.41) is 4.82. The van der Waals surface area contributed by atoms with Crippen LogP contribution in [0.15, 0.2) is 48.9 Å². The Bertz CT molecular complexity index is 1170. The van der Waals surface area contributed by atoms with E-state index >= 15 is 0 Å². The molecular formula is C20H18ClN5O. The average molecular weight is 380 g/mol. The summed E-state index contributed by atoms with van der Waals surface area (Å²) in [6, 6.07) is 11.5. The number of halogens is 1. The van der Waals surface area contributed by atoms with Crippen molar-refractivity contribution < 1.29 is 4.79 Å². The molecule has 0 fully saturated rings. The van der Waals surface area contributed by atoms with Crippen LogP contribution >= 0.6 is 11.6 Å². The van der Waals surface area contributed by atoms with Gasteiger partial charge in [-0.05, 0) is 47.9 Å². The quantitative estimate of drug-likeness (QED) is 0.587. The number of amides is 1. The molecule has 7 heteroatoms. The fourth-order valence-corrected chi connectivity index (χ4v) is 3.68. The fourth-order valence-electron chi connectivity index (χ4n) is 3.50. The van der Waals surface area contributed by atoms with E-state index in [9.17, 15) is 4.79 Å². The third-order valence-electron chi connectivity index (χ3n) is 4.79. The van der Waals surface area contributed by atoms with Gasteiger partial charge in [0.25, 0.3) is 5.91 Å². The first kappa shape index (κ1) is 17.3. The van der Waals surface area contributed by atoms with Gasteiger partial charge < -0.3 is 10.3 Å². The largest absolute Gasteiger partial charge is 0.364 e. The van der Waals surface area contributed by atoms with Crippen molar-refractivity contribution in [2.24, 2.45) is 12.8 Å². The molecule has 4 aromatic rings. The number of benzene rings is 1. The minimum Gasteiger partial charge on any atom is -0.364 e. The van der Waals surface area contributed by atoms with Crippen LogP contribution in [0.25, 0.3) is 28.0 Å². The Labute approximate surface area is 161 Å². The highest BCUT2D eigenvalue weighted by Crippen LogP contribution is 2.36. The van der Waals surface area contributed by atoms with Crippen LogP contribution < -0.4 is 5.73 Å². The zero-order chi connectivity index (χ0) is 19.1. The lowest BCUT2D eigenvalue weighted by atomic mass is 9.97. The summed E-state index contributed by atoms with van der Waals surface area (Å²) in [4.78, 5) is 16.7. The van der Waals surface area contributed by atoms with Crippen molar-refractivity contribution in [1.82, 2.24) is 19.2 Å². The lowest BCUT2D eigenvalue weighted by molar-refractivity contribution is 0.0993. The second kappa shape index (κ2) is 6.55. The van der Waals surface area contributed by atoms with Gasteiger partial charge in [0.05, 0.1) is 11.2 Å². The number of nitrogens with two attached hydrogens (primary N) is 1. The van der Waals surface area contributed by atoms with Crippen LogP contribution in [0.1, 0.15) is 23.0 Å². The maximum atomic E-state index is 12.3. The summed E-state index contributed by atoms with van der Waals surface area (Å²) >= 11 is 6.24. The predicted octanol–water partition coefficient (Wildman–Crippen LogP) is 3.72. The van der Waals surface area contributed by atoms with E-state index in [0.29, 0.717) is 10.7 Å². The first-order chi connectivity index (χ1) is 13.0. The van der Waals surface area contributed by atoms with E-state index in [1.807, 2.05) is 49.6 Å². The van der Waals surface area contributed by atoms with E-state index < -0.39 is 5.91 Å². The smallest absolute Gasteiger partial charge is 0.265 e. The molecule has 0 atom stereocenters. The molecule has 0 aliphatic carbocycles. The average Bonchev–Trinajstić information content (AvgIpc) is 3.25. The number of carbonyl (C=O) groups is 1. The van der Waals surface area contributed by atoms with Gasteiger partial charge in [0.15, 0.2) is 0 Å². The van der Waals surface area contributed by atoms with Crippen molar-refractivity contribution in [3.8, 4) is 22.5 Å². The molecule has 0 aliphatic heterocycles. The number of fused-ring (bicyclic) bond motifs is 1. The van der Waals surface area contributed by atoms with Gasteiger partial charge in [-0.25, -0.2) is 9.50 Å². The molecule has 0 saturated carbocycles. The van der Waals surface area contributed by atoms with Crippen LogP contribution in [0, 0.1) is 0 Å². The summed E-state index contributed by atoms with van der Waals surface area (Å²) in [7, 11) is 1.82. The zero-order valence-corrected chi connectivity index (χ0v) is 15.7. The van der Waals surface area contributed by atoms with Crippen LogP contribution in [-0.4, -0.2) is 25.1 Å². The molecule has 4 rings (SSSR count). The zero-order valence-electron chi connectivity index (χ0n) is 15.0. The molecule has 0 bridgehead atoms. The Hall–Kier alpha value is -3.12. The van der Waals surface area contributed by atoms with Crippen molar-refractivity contribution in [1.29, 1.82) is 0 Å². The first-order valence-corrected chi connectivity index (χ1v) is 8.96. The number of carbonyl (C=O) groups excluding carboxylic acids is 1. The molecule has 136 valence electrons. The normalized spacial score (nSPS) is 11.2. The molecule has 1 amide bonds. The molecule has 2 N–H and O–H groups in total. The molecule has 27 heavy (non-hydrogen) atoms. The molecular weight excluding hydrogens is 362 g/mol. The topological polar surface area (TPSA) is 78.2 Å². The molecule has 3 heterocycles. The summed E-state index contributed by atoms with van der Waals surface area (Å²) in [5.41, 5.74) is 11.3. The minimum absolute atomic E-state index is 0.422. The fraction of sp³-hybridized carbons (Fsp3) is 0.150. The van der Waals surface area contributed by atoms with E-state index in [1.165, 1.54) is 6.33 Å². The number of aromatic nitrogens is 4. The van der Waals surface area contributed by atoms with Crippen LogP contribution in [0.5, 0.6) is 0 Å². The lowest BCUT2D eigenvalue weighted by Gasteiger charge is -2.10. The minimum atomic E-state index is -0.499. The Morgan fingerprint density at radius 3 is 2.78 bits per heavy atom. The van der Waals surface area contributed by atoms with Crippen molar-refractivity contribution in [3.05, 3.63) is 65.2 Å². The Balaban J connectivity index is 2.03. The number of hydrogen-bond acceptors (Lipinski definition) is 3. The van der Waals surface area contributed by atoms with Crippen LogP contribution in [0.2, 0.25) is 5.02 Å². The molecule has 0 radical (unpaired) electrons. The number of rotatable bonds is 4. The van der Waals surface area contributed by atoms with Gasteiger partial charge in [-0.15, -0.1) is 0 Å². The van der Waals surface area contributed by atoms with Crippen molar-refractivity contribution in [2.75, 3.05) is 0 Å². The van der Waals surface area contributed by atoms with E-state index in [4.69, 9.17) is 17.3 Å². The van der Waals surface area contributed by atoms with Gasteiger partial charge in [0.2, 0.25) is 0 Å². The van der Waals surface area contributed by atoms with Gasteiger partial charge in [0, 0.05) is 23.8 Å². The standard InChI is InChI=1S/C20H18ClN5O/c1-3-12-6-7-13(21)9-14(12)15-10-17(25(2)19(15)20(22)27)18-16-5-4-8-26(16)24-11-23-18/h4-11H,3H2,1-2H3,(H2,22,27). The highest BCUT2D eigenvalue weighted by Gasteiger charge is 2.22. The van der Waals surface area contributed by atoms with Gasteiger partial charge >= 0.3 is 0 Å². The summed E-state index contributed by atoms with van der Waals surface area (Å²) in [6.07, 6.45) is 4.16. The van der Waals surface area contributed by atoms with Crippen LogP contribution in [0.4, 0.5) is 0 Å². The summed E-state index contributed by atoms with van der Waals surface area (Å²) in [6.45, 7) is 2.06. The van der Waals surface area contributed by atoms with Gasteiger partial charge in [0.1, 0.15) is 17.7 Å². The second-order valence-electron chi connectivity index (χ2n) is 6.32. The third-order valence-corrected chi connectivity index (χ3v) is 5.02. The van der Waals surface area contributed by atoms with E-state index in [-0.39, 0.29) is 0 Å². The monoisotopic (exact) mass is 379 g/mol. The Kier molecular flexibility index (Phi) is 4.20. The number of primary amides is 1. The maximum Gasteiger partial charge on any atom is 0.265 e. The molecule has 0 unspecified atom stereocenters. The summed E-state index contributed by atoms with van der Waals surface area (Å²) < 4.78 is 3.53. The maximum absolute atomic E-state index is 12.3. The number of hydrogen-bond donors (Lipinski definition) is 1. The lowest BCUT2D eigenvalue weighted by Crippen LogP contribution is -2.17. The third kappa shape index (κ3) is 2.78. The second-order valence-corrected chi connectivity index (χ2v) is 6.75. The molecule has 0 spiro atoms. The van der Waals surface area contributed by atoms with E-state index in [1.54, 1.807) is 9.08 Å². The molecule has 0 saturated heterocycles.